The maximum Gasteiger partial charge on any atom is 0.326 e. The van der Waals surface area contributed by atoms with E-state index in [1.807, 2.05) is 0 Å². The summed E-state index contributed by atoms with van der Waals surface area (Å²) < 4.78 is 0. The first-order valence-corrected chi connectivity index (χ1v) is 9.34. The second-order valence-electron chi connectivity index (χ2n) is 6.76. The highest BCUT2D eigenvalue weighted by Gasteiger charge is 2.22. The molecule has 1 heterocycles. The SMILES string of the molecule is N=C1N=C(N)CC(O)=C1NC(=O)Nc1ccc(C(=O)N[C@@H](CCCC(=O)O)C(=O)O)cc1. The number of aliphatic carboxylic acids is 2. The molecule has 2 rings (SSSR count). The number of hydrogen-bond donors (Lipinski definition) is 8. The molecule has 0 bridgehead atoms. The number of carbonyl (C=O) groups excluding carboxylic acids is 2. The lowest BCUT2D eigenvalue weighted by atomic mass is 10.1. The number of amidine groups is 2. The fourth-order valence-electron chi connectivity index (χ4n) is 2.70. The van der Waals surface area contributed by atoms with Gasteiger partial charge in [0.1, 0.15) is 23.3 Å². The lowest BCUT2D eigenvalue weighted by molar-refractivity contribution is -0.140. The van der Waals surface area contributed by atoms with Crippen molar-refractivity contribution in [3.8, 4) is 0 Å². The topological polar surface area (TPSA) is 227 Å². The Morgan fingerprint density at radius 3 is 2.34 bits per heavy atom. The van der Waals surface area contributed by atoms with E-state index in [1.165, 1.54) is 24.3 Å². The number of rotatable bonds is 9. The van der Waals surface area contributed by atoms with Crippen molar-refractivity contribution >= 4 is 41.2 Å². The molecule has 0 saturated carbocycles. The second kappa shape index (κ2) is 10.6. The number of carboxylic acid groups (broad SMARTS) is 2. The third kappa shape index (κ3) is 6.83. The summed E-state index contributed by atoms with van der Waals surface area (Å²) in [6.45, 7) is 0. The van der Waals surface area contributed by atoms with E-state index in [0.29, 0.717) is 0 Å². The number of urea groups is 1. The zero-order valence-electron chi connectivity index (χ0n) is 16.7. The van der Waals surface area contributed by atoms with Gasteiger partial charge >= 0.3 is 18.0 Å². The number of aliphatic hydroxyl groups excluding tert-OH is 1. The molecule has 1 atom stereocenters. The van der Waals surface area contributed by atoms with E-state index in [2.05, 4.69) is 20.9 Å². The number of aliphatic imine (C=N–C) groups is 1. The van der Waals surface area contributed by atoms with Crippen LogP contribution in [-0.2, 0) is 9.59 Å². The van der Waals surface area contributed by atoms with Crippen molar-refractivity contribution < 1.29 is 34.5 Å². The van der Waals surface area contributed by atoms with Gasteiger partial charge in [-0.3, -0.25) is 15.0 Å². The van der Waals surface area contributed by atoms with E-state index in [4.69, 9.17) is 16.2 Å². The van der Waals surface area contributed by atoms with Crippen LogP contribution >= 0.6 is 0 Å². The summed E-state index contributed by atoms with van der Waals surface area (Å²) in [4.78, 5) is 49.9. The van der Waals surface area contributed by atoms with Crippen LogP contribution in [0.2, 0.25) is 0 Å². The molecule has 0 spiro atoms. The summed E-state index contributed by atoms with van der Waals surface area (Å²) in [6.07, 6.45) is -0.266. The molecule has 0 radical (unpaired) electrons. The number of nitrogens with zero attached hydrogens (tertiary/aromatic N) is 1. The van der Waals surface area contributed by atoms with Gasteiger partial charge in [0.05, 0.1) is 6.42 Å². The van der Waals surface area contributed by atoms with E-state index in [9.17, 15) is 29.4 Å². The molecule has 0 saturated heterocycles. The molecule has 0 aliphatic carbocycles. The molecule has 3 amide bonds. The first kappa shape index (κ1) is 23.9. The molecule has 1 aliphatic rings. The summed E-state index contributed by atoms with van der Waals surface area (Å²) in [6, 6.07) is 3.48. The summed E-state index contributed by atoms with van der Waals surface area (Å²) in [7, 11) is 0. The molecule has 0 unspecified atom stereocenters. The van der Waals surface area contributed by atoms with Crippen LogP contribution in [0.15, 0.2) is 40.7 Å². The minimum Gasteiger partial charge on any atom is -0.510 e. The first-order chi connectivity index (χ1) is 15.1. The normalized spacial score (nSPS) is 14.2. The molecule has 1 aromatic carbocycles. The lowest BCUT2D eigenvalue weighted by Crippen LogP contribution is -2.40. The smallest absolute Gasteiger partial charge is 0.326 e. The molecule has 0 aromatic heterocycles. The monoisotopic (exact) mass is 446 g/mol. The van der Waals surface area contributed by atoms with Gasteiger partial charge in [-0.25, -0.2) is 14.6 Å². The van der Waals surface area contributed by atoms with Gasteiger partial charge in [0, 0.05) is 17.7 Å². The van der Waals surface area contributed by atoms with Crippen molar-refractivity contribution in [3.05, 3.63) is 41.3 Å². The Hall–Kier alpha value is -4.42. The number of benzene rings is 1. The maximum atomic E-state index is 12.3. The number of anilines is 1. The number of aliphatic hydroxyl groups is 1. The van der Waals surface area contributed by atoms with E-state index >= 15 is 0 Å². The lowest BCUT2D eigenvalue weighted by Gasteiger charge is -2.16. The molecule has 9 N–H and O–H groups in total. The summed E-state index contributed by atoms with van der Waals surface area (Å²) in [5.41, 5.74) is 5.67. The summed E-state index contributed by atoms with van der Waals surface area (Å²) in [5.74, 6) is -3.68. The highest BCUT2D eigenvalue weighted by molar-refractivity contribution is 6.10. The number of dihydropyridines is 1. The van der Waals surface area contributed by atoms with Crippen molar-refractivity contribution in [3.63, 3.8) is 0 Å². The zero-order valence-corrected chi connectivity index (χ0v) is 16.7. The molecule has 1 aromatic rings. The largest absolute Gasteiger partial charge is 0.510 e. The van der Waals surface area contributed by atoms with Gasteiger partial charge < -0.3 is 37.0 Å². The van der Waals surface area contributed by atoms with Gasteiger partial charge in [-0.15, -0.1) is 0 Å². The van der Waals surface area contributed by atoms with E-state index in [1.54, 1.807) is 0 Å². The number of carbonyl (C=O) groups is 4. The second-order valence-corrected chi connectivity index (χ2v) is 6.76. The summed E-state index contributed by atoms with van der Waals surface area (Å²) >= 11 is 0. The predicted octanol–water partition coefficient (Wildman–Crippen LogP) is 0.754. The van der Waals surface area contributed by atoms with Crippen LogP contribution in [0.25, 0.3) is 0 Å². The van der Waals surface area contributed by atoms with Crippen LogP contribution < -0.4 is 21.7 Å². The Labute approximate surface area is 181 Å². The molecule has 13 nitrogen and oxygen atoms in total. The average molecular weight is 446 g/mol. The Morgan fingerprint density at radius 2 is 1.78 bits per heavy atom. The highest BCUT2D eigenvalue weighted by Crippen LogP contribution is 2.13. The Kier molecular flexibility index (Phi) is 7.87. The fourth-order valence-corrected chi connectivity index (χ4v) is 2.70. The molecular weight excluding hydrogens is 424 g/mol. The molecule has 1 aliphatic heterocycles. The van der Waals surface area contributed by atoms with Crippen LogP contribution in [0.1, 0.15) is 36.0 Å². The third-order valence-corrected chi connectivity index (χ3v) is 4.26. The zero-order chi connectivity index (χ0) is 23.8. The van der Waals surface area contributed by atoms with E-state index in [-0.39, 0.29) is 54.2 Å². The van der Waals surface area contributed by atoms with Gasteiger partial charge in [0.25, 0.3) is 5.91 Å². The minimum absolute atomic E-state index is 0.0411. The highest BCUT2D eigenvalue weighted by atomic mass is 16.4. The Bertz CT molecular complexity index is 1000. The number of amides is 3. The standard InChI is InChI=1S/C19H22N6O7/c20-13-8-12(26)15(16(21)24-13)25-19(32)22-10-6-4-9(5-7-10)17(29)23-11(18(30)31)2-1-3-14(27)28/h4-7,11,26H,1-3,8H2,(H,23,29)(H,27,28)(H,30,31)(H3,20,21,24)(H2,22,25,32)/t11-/m0/s1. The molecule has 170 valence electrons. The number of nitrogens with two attached hydrogens (primary N) is 1. The molecule has 32 heavy (non-hydrogen) atoms. The van der Waals surface area contributed by atoms with Gasteiger partial charge in [-0.1, -0.05) is 0 Å². The molecular formula is C19H22N6O7. The van der Waals surface area contributed by atoms with Crippen molar-refractivity contribution in [1.82, 2.24) is 10.6 Å². The van der Waals surface area contributed by atoms with Crippen LogP contribution in [0, 0.1) is 5.41 Å². The third-order valence-electron chi connectivity index (χ3n) is 4.26. The van der Waals surface area contributed by atoms with Crippen molar-refractivity contribution in [2.24, 2.45) is 10.7 Å². The quantitative estimate of drug-likeness (QED) is 0.269. The van der Waals surface area contributed by atoms with Gasteiger partial charge in [-0.05, 0) is 37.1 Å². The predicted molar refractivity (Wildman–Crippen MR) is 113 cm³/mol. The Morgan fingerprint density at radius 1 is 1.12 bits per heavy atom. The van der Waals surface area contributed by atoms with Crippen LogP contribution in [0.3, 0.4) is 0 Å². The molecule has 0 fully saturated rings. The molecule has 13 heteroatoms. The number of nitrogens with one attached hydrogen (secondary N) is 4. The van der Waals surface area contributed by atoms with Crippen LogP contribution in [0.4, 0.5) is 10.5 Å². The maximum absolute atomic E-state index is 12.3. The summed E-state index contributed by atoms with van der Waals surface area (Å²) in [5, 5.41) is 42.4. The number of hydrogen-bond acceptors (Lipinski definition) is 7. The van der Waals surface area contributed by atoms with Crippen molar-refractivity contribution in [1.29, 1.82) is 5.41 Å². The van der Waals surface area contributed by atoms with Crippen molar-refractivity contribution in [2.75, 3.05) is 5.32 Å². The average Bonchev–Trinajstić information content (AvgIpc) is 2.70. The Balaban J connectivity index is 1.94. The van der Waals surface area contributed by atoms with E-state index in [0.717, 1.165) is 0 Å². The van der Waals surface area contributed by atoms with Crippen molar-refractivity contribution in [2.45, 2.75) is 31.7 Å². The van der Waals surface area contributed by atoms with Crippen LogP contribution in [0.5, 0.6) is 0 Å². The van der Waals surface area contributed by atoms with Gasteiger partial charge in [-0.2, -0.15) is 0 Å². The van der Waals surface area contributed by atoms with Crippen LogP contribution in [-0.4, -0.2) is 56.9 Å². The minimum atomic E-state index is -1.28. The number of carboxylic acids is 2. The fraction of sp³-hybridized carbons (Fsp3) is 0.263. The van der Waals surface area contributed by atoms with Gasteiger partial charge in [0.15, 0.2) is 5.84 Å². The van der Waals surface area contributed by atoms with E-state index < -0.39 is 35.8 Å². The first-order valence-electron chi connectivity index (χ1n) is 9.34. The van der Waals surface area contributed by atoms with Gasteiger partial charge in [0.2, 0.25) is 0 Å².